The summed E-state index contributed by atoms with van der Waals surface area (Å²) in [6, 6.07) is 18.8. The molecular formula is C23H16N2O2. The van der Waals surface area contributed by atoms with Crippen molar-refractivity contribution in [1.29, 1.82) is 0 Å². The number of fused-ring (bicyclic) bond motifs is 2. The lowest BCUT2D eigenvalue weighted by Crippen LogP contribution is -2.27. The van der Waals surface area contributed by atoms with Crippen LogP contribution in [0.15, 0.2) is 88.5 Å². The van der Waals surface area contributed by atoms with E-state index in [1.54, 1.807) is 10.6 Å². The van der Waals surface area contributed by atoms with Gasteiger partial charge in [-0.05, 0) is 35.9 Å². The number of aryl methyl sites for hydroxylation is 1. The zero-order chi connectivity index (χ0) is 18.5. The Morgan fingerprint density at radius 2 is 1.56 bits per heavy atom. The summed E-state index contributed by atoms with van der Waals surface area (Å²) >= 11 is 0. The molecule has 0 saturated heterocycles. The number of rotatable bonds is 2. The highest BCUT2D eigenvalue weighted by Gasteiger charge is 2.19. The maximum atomic E-state index is 13.5. The van der Waals surface area contributed by atoms with E-state index in [0.717, 1.165) is 22.5 Å². The molecule has 0 N–H and O–H groups in total. The van der Waals surface area contributed by atoms with Gasteiger partial charge in [0.15, 0.2) is 0 Å². The molecule has 0 radical (unpaired) electrons. The average molecular weight is 352 g/mol. The predicted octanol–water partition coefficient (Wildman–Crippen LogP) is 3.80. The van der Waals surface area contributed by atoms with Crippen LogP contribution in [-0.2, 0) is 7.05 Å². The molecule has 4 nitrogen and oxygen atoms in total. The number of para-hydroxylation sites is 2. The van der Waals surface area contributed by atoms with E-state index < -0.39 is 0 Å². The van der Waals surface area contributed by atoms with Crippen molar-refractivity contribution >= 4 is 27.4 Å². The summed E-state index contributed by atoms with van der Waals surface area (Å²) in [4.78, 5) is 26.7. The van der Waals surface area contributed by atoms with E-state index in [2.05, 4.69) is 0 Å². The second-order valence-corrected chi connectivity index (χ2v) is 6.65. The van der Waals surface area contributed by atoms with Gasteiger partial charge in [-0.1, -0.05) is 48.6 Å². The Morgan fingerprint density at radius 3 is 2.26 bits per heavy atom. The first kappa shape index (κ1) is 15.6. The van der Waals surface area contributed by atoms with Gasteiger partial charge in [0.05, 0.1) is 16.7 Å². The summed E-state index contributed by atoms with van der Waals surface area (Å²) in [5.41, 5.74) is 3.45. The average Bonchev–Trinajstić information content (AvgIpc) is 2.65. The molecule has 1 aliphatic carbocycles. The Kier molecular flexibility index (Phi) is 3.28. The number of allylic oxidation sites excluding steroid dienone is 4. The van der Waals surface area contributed by atoms with Crippen LogP contribution in [-0.4, -0.2) is 9.13 Å². The van der Waals surface area contributed by atoms with Crippen LogP contribution in [0.3, 0.4) is 0 Å². The van der Waals surface area contributed by atoms with Gasteiger partial charge in [0, 0.05) is 18.1 Å². The molecule has 2 aromatic heterocycles. The molecule has 0 fully saturated rings. The van der Waals surface area contributed by atoms with Gasteiger partial charge in [-0.25, -0.2) is 0 Å². The number of aromatic nitrogens is 2. The molecule has 0 saturated carbocycles. The van der Waals surface area contributed by atoms with Gasteiger partial charge >= 0.3 is 0 Å². The fourth-order valence-corrected chi connectivity index (χ4v) is 3.71. The van der Waals surface area contributed by atoms with Crippen molar-refractivity contribution in [3.63, 3.8) is 0 Å². The fraction of sp³-hybridized carbons (Fsp3) is 0.0435. The van der Waals surface area contributed by atoms with E-state index in [1.165, 1.54) is 0 Å². The van der Waals surface area contributed by atoms with Crippen molar-refractivity contribution in [3.8, 4) is 5.69 Å². The Hall–Kier alpha value is -3.66. The third-order valence-electron chi connectivity index (χ3n) is 5.15. The minimum Gasteiger partial charge on any atom is -0.343 e. The van der Waals surface area contributed by atoms with Crippen molar-refractivity contribution in [2.75, 3.05) is 0 Å². The highest BCUT2D eigenvalue weighted by molar-refractivity contribution is 5.95. The maximum absolute atomic E-state index is 13.5. The number of benzene rings is 2. The lowest BCUT2D eigenvalue weighted by atomic mass is 10.0. The minimum atomic E-state index is -0.291. The largest absolute Gasteiger partial charge is 0.343 e. The summed E-state index contributed by atoms with van der Waals surface area (Å²) in [7, 11) is 1.89. The van der Waals surface area contributed by atoms with Gasteiger partial charge in [0.1, 0.15) is 5.39 Å². The Labute approximate surface area is 154 Å². The monoisotopic (exact) mass is 352 g/mol. The number of pyridine rings is 2. The van der Waals surface area contributed by atoms with Crippen molar-refractivity contribution in [2.45, 2.75) is 0 Å². The molecule has 5 rings (SSSR count). The van der Waals surface area contributed by atoms with Gasteiger partial charge in [-0.15, -0.1) is 0 Å². The maximum Gasteiger partial charge on any atom is 0.268 e. The van der Waals surface area contributed by atoms with Gasteiger partial charge in [0.25, 0.3) is 5.56 Å². The molecule has 0 aliphatic heterocycles. The quantitative estimate of drug-likeness (QED) is 0.515. The number of hydrogen-bond acceptors (Lipinski definition) is 2. The first-order valence-electron chi connectivity index (χ1n) is 8.78. The number of hydrogen-bond donors (Lipinski definition) is 0. The van der Waals surface area contributed by atoms with Gasteiger partial charge in [-0.3, -0.25) is 14.2 Å². The molecule has 2 aromatic carbocycles. The lowest BCUT2D eigenvalue weighted by Gasteiger charge is -2.19. The van der Waals surface area contributed by atoms with E-state index in [9.17, 15) is 9.59 Å². The number of nitrogens with zero attached hydrogens (tertiary/aromatic N) is 2. The van der Waals surface area contributed by atoms with E-state index >= 15 is 0 Å². The third kappa shape index (κ3) is 2.16. The molecule has 1 aliphatic rings. The zero-order valence-corrected chi connectivity index (χ0v) is 14.7. The van der Waals surface area contributed by atoms with Gasteiger partial charge in [-0.2, -0.15) is 0 Å². The Balaban J connectivity index is 2.02. The minimum absolute atomic E-state index is 0.215. The van der Waals surface area contributed by atoms with Crippen LogP contribution in [0.4, 0.5) is 0 Å². The molecule has 130 valence electrons. The molecule has 0 bridgehead atoms. The molecule has 0 atom stereocenters. The summed E-state index contributed by atoms with van der Waals surface area (Å²) in [5.74, 6) is 0. The molecule has 0 amide bonds. The predicted molar refractivity (Wildman–Crippen MR) is 109 cm³/mol. The Bertz CT molecular complexity index is 1400. The molecule has 4 heteroatoms. The molecule has 0 spiro atoms. The Morgan fingerprint density at radius 1 is 0.852 bits per heavy atom. The SMILES string of the molecule is Cn1c2ccccc2c(=O)c2c(=O)n(-c3ccccc3)c(C3=CC=C3)cc21. The normalized spacial score (nSPS) is 13.0. The summed E-state index contributed by atoms with van der Waals surface area (Å²) < 4.78 is 3.56. The second kappa shape index (κ2) is 5.68. The molecule has 2 heterocycles. The van der Waals surface area contributed by atoms with Crippen molar-refractivity contribution in [3.05, 3.63) is 105 Å². The van der Waals surface area contributed by atoms with Crippen LogP contribution in [0, 0.1) is 0 Å². The highest BCUT2D eigenvalue weighted by atomic mass is 16.1. The topological polar surface area (TPSA) is 44.0 Å². The van der Waals surface area contributed by atoms with Crippen molar-refractivity contribution < 1.29 is 0 Å². The molecule has 0 unspecified atom stereocenters. The smallest absolute Gasteiger partial charge is 0.268 e. The fourth-order valence-electron chi connectivity index (χ4n) is 3.71. The zero-order valence-electron chi connectivity index (χ0n) is 14.7. The van der Waals surface area contributed by atoms with Gasteiger partial charge < -0.3 is 4.57 Å². The van der Waals surface area contributed by atoms with Gasteiger partial charge in [0.2, 0.25) is 5.43 Å². The molecule has 27 heavy (non-hydrogen) atoms. The van der Waals surface area contributed by atoms with Crippen LogP contribution in [0.5, 0.6) is 0 Å². The summed E-state index contributed by atoms with van der Waals surface area (Å²) in [6.07, 6.45) is 5.89. The first-order chi connectivity index (χ1) is 13.2. The van der Waals surface area contributed by atoms with Crippen LogP contribution < -0.4 is 11.0 Å². The van der Waals surface area contributed by atoms with E-state index in [-0.39, 0.29) is 16.4 Å². The summed E-state index contributed by atoms with van der Waals surface area (Å²) in [5, 5.41) is 0.771. The first-order valence-corrected chi connectivity index (χ1v) is 8.78. The van der Waals surface area contributed by atoms with E-state index in [0.29, 0.717) is 10.9 Å². The molecular weight excluding hydrogens is 336 g/mol. The highest BCUT2D eigenvalue weighted by Crippen LogP contribution is 2.26. The lowest BCUT2D eigenvalue weighted by molar-refractivity contribution is 0.955. The van der Waals surface area contributed by atoms with E-state index in [1.807, 2.05) is 84.4 Å². The van der Waals surface area contributed by atoms with Crippen LogP contribution in [0.2, 0.25) is 0 Å². The van der Waals surface area contributed by atoms with Crippen molar-refractivity contribution in [1.82, 2.24) is 9.13 Å². The third-order valence-corrected chi connectivity index (χ3v) is 5.15. The van der Waals surface area contributed by atoms with Crippen LogP contribution in [0.1, 0.15) is 5.69 Å². The van der Waals surface area contributed by atoms with Crippen LogP contribution in [0.25, 0.3) is 33.1 Å². The standard InChI is InChI=1S/C23H16N2O2/c1-24-18-13-6-5-12-17(18)22(26)21-20(24)14-19(15-8-7-9-15)25(23(21)27)16-10-3-2-4-11-16/h2-14H,1H3. The molecule has 4 aromatic rings. The van der Waals surface area contributed by atoms with E-state index in [4.69, 9.17) is 0 Å². The van der Waals surface area contributed by atoms with Crippen molar-refractivity contribution in [2.24, 2.45) is 7.05 Å². The van der Waals surface area contributed by atoms with Crippen LogP contribution >= 0.6 is 0 Å². The second-order valence-electron chi connectivity index (χ2n) is 6.65. The summed E-state index contributed by atoms with van der Waals surface area (Å²) in [6.45, 7) is 0.